The molecule has 0 aliphatic heterocycles. The molecule has 0 radical (unpaired) electrons. The van der Waals surface area contributed by atoms with Crippen LogP contribution in [0.4, 0.5) is 0 Å². The largest absolute Gasteiger partial charge is 0.508 e. The van der Waals surface area contributed by atoms with Crippen molar-refractivity contribution in [1.82, 2.24) is 5.32 Å². The van der Waals surface area contributed by atoms with Crippen LogP contribution in [0.3, 0.4) is 0 Å². The molecule has 1 aliphatic carbocycles. The van der Waals surface area contributed by atoms with Crippen LogP contribution >= 0.6 is 7.60 Å². The normalized spacial score (nSPS) is 16.2. The van der Waals surface area contributed by atoms with Crippen molar-refractivity contribution in [2.45, 2.75) is 19.4 Å². The van der Waals surface area contributed by atoms with E-state index in [1.807, 2.05) is 0 Å². The molecule has 1 amide bonds. The smallest absolute Gasteiger partial charge is 0.327 e. The number of nitrogens with one attached hydrogen (secondary N) is 1. The number of benzene rings is 2. The van der Waals surface area contributed by atoms with E-state index in [-0.39, 0.29) is 53.7 Å². The van der Waals surface area contributed by atoms with Gasteiger partial charge in [-0.05, 0) is 54.5 Å². The highest BCUT2D eigenvalue weighted by Crippen LogP contribution is 2.44. The van der Waals surface area contributed by atoms with Gasteiger partial charge in [0.25, 0.3) is 5.91 Å². The maximum Gasteiger partial charge on any atom is 0.327 e. The van der Waals surface area contributed by atoms with Crippen LogP contribution in [-0.2, 0) is 27.9 Å². The van der Waals surface area contributed by atoms with Gasteiger partial charge in [-0.15, -0.1) is 0 Å². The number of aromatic hydroxyl groups is 1. The lowest BCUT2D eigenvalue weighted by molar-refractivity contribution is -0.131. The second-order valence-electron chi connectivity index (χ2n) is 9.45. The van der Waals surface area contributed by atoms with Crippen LogP contribution in [0, 0.1) is 0 Å². The number of allylic oxidation sites excluding steroid dienone is 3. The molecule has 1 aliphatic rings. The van der Waals surface area contributed by atoms with E-state index >= 15 is 0 Å². The van der Waals surface area contributed by atoms with Gasteiger partial charge in [0.15, 0.2) is 5.78 Å². The Morgan fingerprint density at radius 1 is 1.05 bits per heavy atom. The summed E-state index contributed by atoms with van der Waals surface area (Å²) >= 11 is 0. The molecule has 2 aromatic rings. The van der Waals surface area contributed by atoms with E-state index in [1.54, 1.807) is 12.1 Å². The predicted molar refractivity (Wildman–Crippen MR) is 157 cm³/mol. The van der Waals surface area contributed by atoms with Gasteiger partial charge in [-0.1, -0.05) is 12.1 Å². The lowest BCUT2D eigenvalue weighted by Gasteiger charge is -2.19. The fourth-order valence-electron chi connectivity index (χ4n) is 4.04. The number of ether oxygens (including phenoxy) is 2. The number of hydrogen-bond donors (Lipinski definition) is 4. The van der Waals surface area contributed by atoms with Crippen molar-refractivity contribution >= 4 is 30.8 Å². The summed E-state index contributed by atoms with van der Waals surface area (Å²) in [6, 6.07) is 10.5. The third kappa shape index (κ3) is 9.74. The fourth-order valence-corrected chi connectivity index (χ4v) is 4.80. The molecule has 0 spiro atoms. The van der Waals surface area contributed by atoms with Gasteiger partial charge in [0, 0.05) is 62.2 Å². The molecule has 0 saturated carbocycles. The summed E-state index contributed by atoms with van der Waals surface area (Å²) in [5.74, 6) is -1.68. The van der Waals surface area contributed by atoms with Gasteiger partial charge >= 0.3 is 13.6 Å². The van der Waals surface area contributed by atoms with Gasteiger partial charge in [-0.2, -0.15) is 0 Å². The van der Waals surface area contributed by atoms with Crippen molar-refractivity contribution in [2.24, 2.45) is 0 Å². The zero-order valence-corrected chi connectivity index (χ0v) is 24.8. The molecule has 0 bridgehead atoms. The van der Waals surface area contributed by atoms with Crippen molar-refractivity contribution in [3.63, 3.8) is 0 Å². The fraction of sp³-hybridized carbons (Fsp3) is 0.300. The van der Waals surface area contributed by atoms with Crippen molar-refractivity contribution in [3.8, 4) is 11.5 Å². The Bertz CT molecular complexity index is 1480. The third-order valence-corrected chi connectivity index (χ3v) is 7.43. The summed E-state index contributed by atoms with van der Waals surface area (Å²) in [5.41, 5.74) is 1.59. The van der Waals surface area contributed by atoms with Gasteiger partial charge in [-0.3, -0.25) is 18.9 Å². The zero-order valence-electron chi connectivity index (χ0n) is 23.9. The first-order valence-corrected chi connectivity index (χ1v) is 15.2. The van der Waals surface area contributed by atoms with Crippen LogP contribution in [-0.4, -0.2) is 79.2 Å². The van der Waals surface area contributed by atoms with E-state index in [4.69, 9.17) is 18.5 Å². The first kappa shape index (κ1) is 33.4. The van der Waals surface area contributed by atoms with Crippen LogP contribution in [0.15, 0.2) is 72.0 Å². The Kier molecular flexibility index (Phi) is 12.0. The molecular weight excluding hydrogens is 581 g/mol. The number of hydrogen-bond acceptors (Lipinski definition) is 11. The van der Waals surface area contributed by atoms with Gasteiger partial charge in [0.1, 0.15) is 23.4 Å². The standard InChI is InChI=1S/C30H34NO11P/c1-19(33)41-28-12-7-21(30(37)31-13-4-14-40-18-24(17-32)42-43(3,38)39-2)15-26(28)29(20-5-8-22(34)9-6-20)25-11-10-23(35)16-27(25)36/h5-12,15-16,24,32,34,36H,4,13-14,17-18H2,1-3H3,(H,31,37). The van der Waals surface area contributed by atoms with E-state index < -0.39 is 38.0 Å². The minimum absolute atomic E-state index is 0.000657. The number of phenolic OH excluding ortho intramolecular Hbond substituents is 1. The molecule has 4 N–H and O–H groups in total. The first-order chi connectivity index (χ1) is 20.4. The second kappa shape index (κ2) is 15.4. The second-order valence-corrected chi connectivity index (χ2v) is 11.6. The molecule has 12 nitrogen and oxygen atoms in total. The number of carbonyl (C=O) groups is 3. The molecule has 3 rings (SSSR count). The zero-order chi connectivity index (χ0) is 31.6. The van der Waals surface area contributed by atoms with E-state index in [0.29, 0.717) is 17.6 Å². The molecule has 43 heavy (non-hydrogen) atoms. The Labute approximate surface area is 248 Å². The van der Waals surface area contributed by atoms with Gasteiger partial charge in [-0.25, -0.2) is 0 Å². The summed E-state index contributed by atoms with van der Waals surface area (Å²) in [5, 5.41) is 32.7. The highest BCUT2D eigenvalue weighted by atomic mass is 31.2. The van der Waals surface area contributed by atoms with Crippen molar-refractivity contribution in [1.29, 1.82) is 0 Å². The van der Waals surface area contributed by atoms with Crippen LogP contribution in [0.2, 0.25) is 0 Å². The number of esters is 1. The monoisotopic (exact) mass is 615 g/mol. The maximum absolute atomic E-state index is 13.1. The summed E-state index contributed by atoms with van der Waals surface area (Å²) in [6.07, 6.45) is 3.32. The number of ketones is 1. The number of aliphatic hydroxyl groups is 2. The van der Waals surface area contributed by atoms with Crippen molar-refractivity contribution < 1.29 is 52.8 Å². The molecule has 2 atom stereocenters. The quantitative estimate of drug-likeness (QED) is 0.105. The molecule has 2 unspecified atom stereocenters. The molecule has 0 heterocycles. The van der Waals surface area contributed by atoms with Crippen molar-refractivity contribution in [3.05, 3.63) is 88.7 Å². The van der Waals surface area contributed by atoms with Gasteiger partial charge < -0.3 is 39.2 Å². The van der Waals surface area contributed by atoms with E-state index in [9.17, 15) is 34.3 Å². The summed E-state index contributed by atoms with van der Waals surface area (Å²) in [7, 11) is -2.05. The van der Waals surface area contributed by atoms with Crippen molar-refractivity contribution in [2.75, 3.05) is 40.1 Å². The van der Waals surface area contributed by atoms with E-state index in [0.717, 1.165) is 6.08 Å². The Morgan fingerprint density at radius 2 is 1.74 bits per heavy atom. The average molecular weight is 616 g/mol. The van der Waals surface area contributed by atoms with E-state index in [2.05, 4.69) is 5.32 Å². The molecule has 0 saturated heterocycles. The van der Waals surface area contributed by atoms with Gasteiger partial charge in [0.05, 0.1) is 13.2 Å². The molecular formula is C30H34NO11P. The third-order valence-electron chi connectivity index (χ3n) is 6.09. The van der Waals surface area contributed by atoms with Crippen LogP contribution in [0.25, 0.3) is 5.57 Å². The highest BCUT2D eigenvalue weighted by Gasteiger charge is 2.23. The number of carbonyl (C=O) groups excluding carboxylic acids is 3. The Balaban J connectivity index is 1.81. The van der Waals surface area contributed by atoms with Crippen LogP contribution in [0.5, 0.6) is 11.5 Å². The summed E-state index contributed by atoms with van der Waals surface area (Å²) < 4.78 is 32.8. The minimum Gasteiger partial charge on any atom is -0.508 e. The summed E-state index contributed by atoms with van der Waals surface area (Å²) in [4.78, 5) is 36.8. The SMILES string of the molecule is COP(C)(=O)OC(CO)COCCCNC(=O)c1ccc(OC(C)=O)c(C(=C2C=CC(=O)C=C2O)c2ccc(O)cc2)c1. The number of rotatable bonds is 14. The lowest BCUT2D eigenvalue weighted by Crippen LogP contribution is -2.27. The Hall–Kier alpha value is -4.06. The molecule has 0 fully saturated rings. The maximum atomic E-state index is 13.1. The predicted octanol–water partition coefficient (Wildman–Crippen LogP) is 3.68. The minimum atomic E-state index is -3.29. The lowest BCUT2D eigenvalue weighted by atomic mass is 9.88. The molecule has 2 aromatic carbocycles. The summed E-state index contributed by atoms with van der Waals surface area (Å²) in [6.45, 7) is 2.52. The number of phenols is 1. The van der Waals surface area contributed by atoms with Gasteiger partial charge in [0.2, 0.25) is 0 Å². The van der Waals surface area contributed by atoms with E-state index in [1.165, 1.54) is 63.2 Å². The Morgan fingerprint density at radius 3 is 2.37 bits per heavy atom. The molecule has 0 aromatic heterocycles. The number of aliphatic hydroxyl groups excluding tert-OH is 2. The van der Waals surface area contributed by atoms with Crippen LogP contribution < -0.4 is 10.1 Å². The topological polar surface area (TPSA) is 178 Å². The average Bonchev–Trinajstić information content (AvgIpc) is 2.96. The molecule has 13 heteroatoms. The van der Waals surface area contributed by atoms with Crippen LogP contribution in [0.1, 0.15) is 34.8 Å². The highest BCUT2D eigenvalue weighted by molar-refractivity contribution is 7.52. The molecule has 230 valence electrons. The number of amides is 1. The first-order valence-electron chi connectivity index (χ1n) is 13.2.